The van der Waals surface area contributed by atoms with Crippen LogP contribution in [0.1, 0.15) is 50.2 Å². The van der Waals surface area contributed by atoms with Crippen LogP contribution in [0.2, 0.25) is 0 Å². The predicted octanol–water partition coefficient (Wildman–Crippen LogP) is 0.979. The van der Waals surface area contributed by atoms with E-state index >= 15 is 0 Å². The van der Waals surface area contributed by atoms with Crippen molar-refractivity contribution < 1.29 is 38.7 Å². The Morgan fingerprint density at radius 2 is 1.90 bits per heavy atom. The van der Waals surface area contributed by atoms with Crippen molar-refractivity contribution in [3.8, 4) is 5.75 Å². The highest BCUT2D eigenvalue weighted by Crippen LogP contribution is 2.38. The number of fused-ring (bicyclic) bond motifs is 1. The molecule has 2 aromatic heterocycles. The van der Waals surface area contributed by atoms with Gasteiger partial charge in [-0.2, -0.15) is 9.60 Å². The molecule has 0 bridgehead atoms. The van der Waals surface area contributed by atoms with Gasteiger partial charge >= 0.3 is 11.9 Å². The quantitative estimate of drug-likeness (QED) is 0.349. The molecule has 0 saturated carbocycles. The van der Waals surface area contributed by atoms with Gasteiger partial charge in [-0.15, -0.1) is 0 Å². The summed E-state index contributed by atoms with van der Waals surface area (Å²) < 4.78 is 5.09. The lowest BCUT2D eigenvalue weighted by Crippen LogP contribution is -2.69. The van der Waals surface area contributed by atoms with Crippen LogP contribution in [-0.2, 0) is 25.5 Å². The number of ether oxygens (including phenoxy) is 1. The van der Waals surface area contributed by atoms with E-state index in [-0.39, 0.29) is 23.8 Å². The fraction of sp³-hybridized carbons (Fsp3) is 0.500. The normalized spacial score (nSPS) is 31.4. The number of carbonyl (C=O) groups is 4. The molecule has 2 fully saturated rings. The molecule has 2 aromatic rings. The fourth-order valence-electron chi connectivity index (χ4n) is 5.48. The first kappa shape index (κ1) is 29.1. The zero-order valence-electron chi connectivity index (χ0n) is 23.2. The third-order valence-electron chi connectivity index (χ3n) is 8.36. The molecule has 12 nitrogen and oxygen atoms in total. The number of esters is 1. The Morgan fingerprint density at radius 3 is 2.52 bits per heavy atom. The number of rotatable bonds is 6. The van der Waals surface area contributed by atoms with E-state index in [4.69, 9.17) is 4.74 Å². The maximum Gasteiger partial charge on any atom is 0.379 e. The van der Waals surface area contributed by atoms with Gasteiger partial charge in [-0.25, -0.2) is 9.78 Å². The summed E-state index contributed by atoms with van der Waals surface area (Å²) in [5.41, 5.74) is 0.407. The lowest BCUT2D eigenvalue weighted by Gasteiger charge is -2.43. The number of nitrogens with one attached hydrogen (secondary N) is 1. The molecular weight excluding hydrogens is 518 g/mol. The minimum absolute atomic E-state index is 0.0852. The molecule has 40 heavy (non-hydrogen) atoms. The number of carbonyl (C=O) groups excluding carboxylic acids is 4. The second kappa shape index (κ2) is 11.3. The topological polar surface area (TPSA) is 159 Å². The van der Waals surface area contributed by atoms with E-state index in [1.807, 2.05) is 6.92 Å². The molecule has 2 aliphatic rings. The van der Waals surface area contributed by atoms with Gasteiger partial charge in [-0.1, -0.05) is 19.9 Å². The minimum Gasteiger partial charge on any atom is -0.505 e. The van der Waals surface area contributed by atoms with E-state index in [1.54, 1.807) is 38.4 Å². The van der Waals surface area contributed by atoms with E-state index in [1.165, 1.54) is 37.3 Å². The zero-order chi connectivity index (χ0) is 29.4. The minimum atomic E-state index is -1.40. The molecule has 2 aliphatic heterocycles. The van der Waals surface area contributed by atoms with Crippen LogP contribution in [0.15, 0.2) is 42.9 Å². The van der Waals surface area contributed by atoms with E-state index in [0.717, 1.165) is 0 Å². The lowest BCUT2D eigenvalue weighted by molar-refractivity contribution is -0.954. The average Bonchev–Trinajstić information content (AvgIpc) is 3.14. The van der Waals surface area contributed by atoms with Crippen LogP contribution >= 0.6 is 0 Å². The van der Waals surface area contributed by atoms with Gasteiger partial charge in [0.05, 0.1) is 19.1 Å². The summed E-state index contributed by atoms with van der Waals surface area (Å²) in [4.78, 5) is 62.9. The van der Waals surface area contributed by atoms with Gasteiger partial charge in [0.15, 0.2) is 11.7 Å². The van der Waals surface area contributed by atoms with Crippen molar-refractivity contribution in [2.24, 2.45) is 11.8 Å². The summed E-state index contributed by atoms with van der Waals surface area (Å²) in [5.74, 6) is -4.49. The van der Waals surface area contributed by atoms with Crippen LogP contribution in [0.3, 0.4) is 0 Å². The molecule has 0 aromatic carbocycles. The number of likely N-dealkylation sites (N-methyl/N-ethyl adjacent to an activating group) is 1. The second-order valence-corrected chi connectivity index (χ2v) is 10.8. The average molecular weight is 555 g/mol. The molecule has 12 heteroatoms. The summed E-state index contributed by atoms with van der Waals surface area (Å²) in [6.07, 6.45) is 2.52. The number of amides is 3. The Labute approximate surface area is 232 Å². The third-order valence-corrected chi connectivity index (χ3v) is 8.36. The van der Waals surface area contributed by atoms with E-state index in [0.29, 0.717) is 12.0 Å². The number of aromatic hydroxyl groups is 1. The number of aromatic nitrogens is 2. The number of pyridine rings is 2. The van der Waals surface area contributed by atoms with E-state index in [9.17, 15) is 29.4 Å². The molecule has 214 valence electrons. The van der Waals surface area contributed by atoms with Crippen molar-refractivity contribution in [2.75, 3.05) is 7.05 Å². The van der Waals surface area contributed by atoms with Crippen LogP contribution in [0, 0.1) is 11.8 Å². The van der Waals surface area contributed by atoms with Crippen molar-refractivity contribution in [3.63, 3.8) is 0 Å². The molecular formula is C28H36N5O7+. The number of aliphatic hydroxyl groups is 1. The smallest absolute Gasteiger partial charge is 0.379 e. The summed E-state index contributed by atoms with van der Waals surface area (Å²) in [6, 6.07) is 3.13. The van der Waals surface area contributed by atoms with Gasteiger partial charge in [-0.05, 0) is 44.0 Å². The largest absolute Gasteiger partial charge is 0.505 e. The third kappa shape index (κ3) is 4.92. The molecule has 8 atom stereocenters. The molecule has 8 unspecified atom stereocenters. The van der Waals surface area contributed by atoms with Crippen molar-refractivity contribution in [1.82, 2.24) is 20.3 Å². The predicted molar refractivity (Wildman–Crippen MR) is 141 cm³/mol. The number of aliphatic hydroxyl groups excluding tert-OH is 1. The Kier molecular flexibility index (Phi) is 8.22. The number of quaternary nitrogens is 1. The van der Waals surface area contributed by atoms with Gasteiger partial charge < -0.3 is 20.3 Å². The molecule has 0 aliphatic carbocycles. The first-order chi connectivity index (χ1) is 18.9. The highest BCUT2D eigenvalue weighted by Gasteiger charge is 2.66. The fourth-order valence-corrected chi connectivity index (χ4v) is 5.48. The first-order valence-corrected chi connectivity index (χ1v) is 13.4. The van der Waals surface area contributed by atoms with Gasteiger partial charge in [0.2, 0.25) is 6.10 Å². The van der Waals surface area contributed by atoms with Crippen LogP contribution in [0.5, 0.6) is 5.75 Å². The molecule has 0 spiro atoms. The van der Waals surface area contributed by atoms with Crippen LogP contribution < -0.4 is 5.32 Å². The standard InChI is InChI=1S/C28H35N5O7/c1-6-15(2)24-27(38)33(5)17(4)21(31-25(36)22-20(34)10-8-12-30-22)26(37)32(33)19(13-18-9-7-11-29-14-18)23(35)16(3)28(39)40-24/h7-12,14-17,19,21,23-24,35H,6,13H2,1-5H3,(H-,31,34,36)/p+1. The molecule has 3 N–H and O–H groups in total. The molecule has 3 amide bonds. The molecule has 4 rings (SSSR count). The molecule has 2 saturated heterocycles. The Balaban J connectivity index is 1.85. The zero-order valence-corrected chi connectivity index (χ0v) is 23.2. The number of cyclic esters (lactones) is 1. The van der Waals surface area contributed by atoms with Crippen molar-refractivity contribution in [1.29, 1.82) is 0 Å². The maximum absolute atomic E-state index is 14.4. The first-order valence-electron chi connectivity index (χ1n) is 13.4. The monoisotopic (exact) mass is 554 g/mol. The van der Waals surface area contributed by atoms with E-state index in [2.05, 4.69) is 15.3 Å². The summed E-state index contributed by atoms with van der Waals surface area (Å²) in [5, 5.41) is 25.6. The summed E-state index contributed by atoms with van der Waals surface area (Å²) in [7, 11) is 1.54. The molecule has 4 heterocycles. The maximum atomic E-state index is 14.4. The Bertz CT molecular complexity index is 1290. The van der Waals surface area contributed by atoms with Gasteiger partial charge in [-0.3, -0.25) is 19.4 Å². The van der Waals surface area contributed by atoms with Crippen molar-refractivity contribution in [3.05, 3.63) is 54.1 Å². The van der Waals surface area contributed by atoms with Crippen molar-refractivity contribution in [2.45, 2.75) is 70.9 Å². The van der Waals surface area contributed by atoms with Gasteiger partial charge in [0.1, 0.15) is 17.8 Å². The summed E-state index contributed by atoms with van der Waals surface area (Å²) in [6.45, 7) is 6.79. The van der Waals surface area contributed by atoms with Gasteiger partial charge in [0, 0.05) is 30.9 Å². The van der Waals surface area contributed by atoms with Crippen molar-refractivity contribution >= 4 is 23.7 Å². The Hall–Kier alpha value is -3.90. The van der Waals surface area contributed by atoms with Gasteiger partial charge in [0.25, 0.3) is 11.8 Å². The van der Waals surface area contributed by atoms with Crippen LogP contribution in [-0.4, -0.2) is 90.9 Å². The molecule has 0 radical (unpaired) electrons. The number of hydrogen-bond acceptors (Lipinski definition) is 9. The number of hydrogen-bond donors (Lipinski definition) is 3. The summed E-state index contributed by atoms with van der Waals surface area (Å²) >= 11 is 0. The Morgan fingerprint density at radius 1 is 1.20 bits per heavy atom. The van der Waals surface area contributed by atoms with E-state index < -0.39 is 64.5 Å². The SMILES string of the molecule is CCC(C)C1OC(=O)C(C)C(O)C(Cc2cccnc2)N2C(=O)C(NC(=O)c3ncccc3O)C(C)[N+]2(C)C1=O. The lowest BCUT2D eigenvalue weighted by atomic mass is 9.92. The van der Waals surface area contributed by atoms with Crippen LogP contribution in [0.25, 0.3) is 0 Å². The second-order valence-electron chi connectivity index (χ2n) is 10.8. The highest BCUT2D eigenvalue weighted by atomic mass is 16.6. The number of nitrogens with zero attached hydrogens (tertiary/aromatic N) is 4. The van der Waals surface area contributed by atoms with Crippen LogP contribution in [0.4, 0.5) is 0 Å². The highest BCUT2D eigenvalue weighted by molar-refractivity contribution is 5.99.